The molecule has 144 valence electrons. The number of fused-ring (bicyclic) bond motifs is 1. The van der Waals surface area contributed by atoms with E-state index in [1.54, 1.807) is 0 Å². The third-order valence-electron chi connectivity index (χ3n) is 5.18. The molecule has 0 bridgehead atoms. The first-order chi connectivity index (χ1) is 13.7. The molecule has 28 heavy (non-hydrogen) atoms. The number of hydrogen-bond donors (Lipinski definition) is 1. The van der Waals surface area contributed by atoms with E-state index in [1.165, 1.54) is 0 Å². The zero-order chi connectivity index (χ0) is 19.5. The molecule has 1 aliphatic rings. The molecule has 0 aliphatic heterocycles. The lowest BCUT2D eigenvalue weighted by molar-refractivity contribution is 0.0933. The SMILES string of the molecule is CCOc1ccc(C(C)NC(=O)c2nn(-c3ccccc3)c3c2CCC3)cc1. The van der Waals surface area contributed by atoms with Crippen LogP contribution >= 0.6 is 0 Å². The molecule has 0 fully saturated rings. The van der Waals surface area contributed by atoms with E-state index in [0.29, 0.717) is 12.3 Å². The molecule has 0 saturated heterocycles. The molecule has 1 N–H and O–H groups in total. The smallest absolute Gasteiger partial charge is 0.272 e. The molecule has 2 aromatic carbocycles. The highest BCUT2D eigenvalue weighted by Crippen LogP contribution is 2.28. The first-order valence-electron chi connectivity index (χ1n) is 9.87. The lowest BCUT2D eigenvalue weighted by atomic mass is 10.1. The summed E-state index contributed by atoms with van der Waals surface area (Å²) in [6.45, 7) is 4.59. The molecule has 1 unspecified atom stereocenters. The molecule has 4 rings (SSSR count). The summed E-state index contributed by atoms with van der Waals surface area (Å²) in [6, 6.07) is 17.8. The van der Waals surface area contributed by atoms with Crippen LogP contribution in [0, 0.1) is 0 Å². The van der Waals surface area contributed by atoms with Crippen LogP contribution in [0.2, 0.25) is 0 Å². The maximum Gasteiger partial charge on any atom is 0.272 e. The van der Waals surface area contributed by atoms with Crippen molar-refractivity contribution in [3.8, 4) is 11.4 Å². The largest absolute Gasteiger partial charge is 0.494 e. The Morgan fingerprint density at radius 3 is 2.61 bits per heavy atom. The molecular formula is C23H25N3O2. The number of nitrogens with zero attached hydrogens (tertiary/aromatic N) is 2. The van der Waals surface area contributed by atoms with E-state index < -0.39 is 0 Å². The lowest BCUT2D eigenvalue weighted by Gasteiger charge is -2.14. The number of aromatic nitrogens is 2. The van der Waals surface area contributed by atoms with Crippen molar-refractivity contribution in [3.05, 3.63) is 77.1 Å². The van der Waals surface area contributed by atoms with Crippen LogP contribution in [0.15, 0.2) is 54.6 Å². The fourth-order valence-electron chi connectivity index (χ4n) is 3.77. The Balaban J connectivity index is 1.55. The van der Waals surface area contributed by atoms with Gasteiger partial charge in [-0.3, -0.25) is 4.79 Å². The summed E-state index contributed by atoms with van der Waals surface area (Å²) in [5, 5.41) is 7.77. The van der Waals surface area contributed by atoms with Crippen LogP contribution in [0.3, 0.4) is 0 Å². The van der Waals surface area contributed by atoms with Gasteiger partial charge in [0.05, 0.1) is 18.3 Å². The molecule has 1 heterocycles. The molecule has 5 heteroatoms. The van der Waals surface area contributed by atoms with Gasteiger partial charge in [-0.1, -0.05) is 30.3 Å². The summed E-state index contributed by atoms with van der Waals surface area (Å²) in [7, 11) is 0. The van der Waals surface area contributed by atoms with E-state index in [1.807, 2.05) is 73.1 Å². The standard InChI is InChI=1S/C23H25N3O2/c1-3-28-19-14-12-17(13-15-19)16(2)24-23(27)22-20-10-7-11-21(20)26(25-22)18-8-5-4-6-9-18/h4-6,8-9,12-16H,3,7,10-11H2,1-2H3,(H,24,27). The summed E-state index contributed by atoms with van der Waals surface area (Å²) in [5.74, 6) is 0.721. The minimum absolute atomic E-state index is 0.109. The minimum Gasteiger partial charge on any atom is -0.494 e. The first kappa shape index (κ1) is 18.3. The molecule has 0 spiro atoms. The molecule has 1 aromatic heterocycles. The third-order valence-corrected chi connectivity index (χ3v) is 5.18. The number of carbonyl (C=O) groups is 1. The summed E-state index contributed by atoms with van der Waals surface area (Å²) in [6.07, 6.45) is 2.93. The number of amides is 1. The van der Waals surface area contributed by atoms with Gasteiger partial charge in [0.2, 0.25) is 0 Å². The van der Waals surface area contributed by atoms with Gasteiger partial charge in [-0.05, 0) is 62.9 Å². The van der Waals surface area contributed by atoms with Crippen LogP contribution in [-0.4, -0.2) is 22.3 Å². The van der Waals surface area contributed by atoms with Crippen LogP contribution in [0.25, 0.3) is 5.69 Å². The van der Waals surface area contributed by atoms with Crippen molar-refractivity contribution in [3.63, 3.8) is 0 Å². The van der Waals surface area contributed by atoms with Crippen LogP contribution in [-0.2, 0) is 12.8 Å². The van der Waals surface area contributed by atoms with Gasteiger partial charge in [0.25, 0.3) is 5.91 Å². The van der Waals surface area contributed by atoms with Crippen molar-refractivity contribution in [2.75, 3.05) is 6.61 Å². The Bertz CT molecular complexity index is 962. The van der Waals surface area contributed by atoms with Gasteiger partial charge >= 0.3 is 0 Å². The Morgan fingerprint density at radius 2 is 1.89 bits per heavy atom. The zero-order valence-corrected chi connectivity index (χ0v) is 16.3. The van der Waals surface area contributed by atoms with Gasteiger partial charge < -0.3 is 10.1 Å². The van der Waals surface area contributed by atoms with Crippen LogP contribution in [0.5, 0.6) is 5.75 Å². The predicted octanol–water partition coefficient (Wildman–Crippen LogP) is 4.25. The van der Waals surface area contributed by atoms with Crippen LogP contribution in [0.4, 0.5) is 0 Å². The van der Waals surface area contributed by atoms with Gasteiger partial charge in [-0.2, -0.15) is 5.10 Å². The van der Waals surface area contributed by atoms with Gasteiger partial charge in [-0.15, -0.1) is 0 Å². The second-order valence-corrected chi connectivity index (χ2v) is 7.07. The van der Waals surface area contributed by atoms with Gasteiger partial charge in [0.1, 0.15) is 5.75 Å². The second-order valence-electron chi connectivity index (χ2n) is 7.07. The summed E-state index contributed by atoms with van der Waals surface area (Å²) < 4.78 is 7.42. The van der Waals surface area contributed by atoms with Gasteiger partial charge in [-0.25, -0.2) is 4.68 Å². The average Bonchev–Trinajstić information content (AvgIpc) is 3.32. The first-order valence-corrected chi connectivity index (χ1v) is 9.87. The molecular weight excluding hydrogens is 350 g/mol. The number of carbonyl (C=O) groups excluding carboxylic acids is 1. The Labute approximate surface area is 165 Å². The summed E-state index contributed by atoms with van der Waals surface area (Å²) >= 11 is 0. The summed E-state index contributed by atoms with van der Waals surface area (Å²) in [5.41, 5.74) is 4.83. The average molecular weight is 375 g/mol. The monoisotopic (exact) mass is 375 g/mol. The Kier molecular flexibility index (Phi) is 5.15. The van der Waals surface area contributed by atoms with Crippen molar-refractivity contribution in [1.29, 1.82) is 0 Å². The van der Waals surface area contributed by atoms with Crippen molar-refractivity contribution in [1.82, 2.24) is 15.1 Å². The molecule has 3 aromatic rings. The Morgan fingerprint density at radius 1 is 1.14 bits per heavy atom. The molecule has 1 amide bonds. The molecule has 1 atom stereocenters. The topological polar surface area (TPSA) is 56.1 Å². The van der Waals surface area contributed by atoms with Crippen molar-refractivity contribution < 1.29 is 9.53 Å². The fraction of sp³-hybridized carbons (Fsp3) is 0.304. The van der Waals surface area contributed by atoms with E-state index in [9.17, 15) is 4.79 Å². The minimum atomic E-state index is -0.116. The number of ether oxygens (including phenoxy) is 1. The van der Waals surface area contributed by atoms with Gasteiger partial charge in [0, 0.05) is 11.3 Å². The quantitative estimate of drug-likeness (QED) is 0.701. The third kappa shape index (κ3) is 3.52. The zero-order valence-electron chi connectivity index (χ0n) is 16.3. The molecule has 1 aliphatic carbocycles. The lowest BCUT2D eigenvalue weighted by Crippen LogP contribution is -2.28. The molecule has 0 radical (unpaired) electrons. The van der Waals surface area contributed by atoms with E-state index in [0.717, 1.165) is 47.5 Å². The number of nitrogens with one attached hydrogen (secondary N) is 1. The maximum atomic E-state index is 13.0. The van der Waals surface area contributed by atoms with E-state index in [4.69, 9.17) is 4.74 Å². The second kappa shape index (κ2) is 7.89. The predicted molar refractivity (Wildman–Crippen MR) is 109 cm³/mol. The van der Waals surface area contributed by atoms with E-state index >= 15 is 0 Å². The fourth-order valence-corrected chi connectivity index (χ4v) is 3.77. The van der Waals surface area contributed by atoms with Crippen molar-refractivity contribution >= 4 is 5.91 Å². The van der Waals surface area contributed by atoms with Gasteiger partial charge in [0.15, 0.2) is 5.69 Å². The Hall–Kier alpha value is -3.08. The van der Waals surface area contributed by atoms with Crippen LogP contribution in [0.1, 0.15) is 53.6 Å². The summed E-state index contributed by atoms with van der Waals surface area (Å²) in [4.78, 5) is 13.0. The number of rotatable bonds is 6. The highest BCUT2D eigenvalue weighted by molar-refractivity contribution is 5.94. The maximum absolute atomic E-state index is 13.0. The molecule has 5 nitrogen and oxygen atoms in total. The van der Waals surface area contributed by atoms with E-state index in [-0.39, 0.29) is 11.9 Å². The number of para-hydroxylation sites is 1. The highest BCUT2D eigenvalue weighted by atomic mass is 16.5. The highest BCUT2D eigenvalue weighted by Gasteiger charge is 2.27. The number of benzene rings is 2. The number of hydrogen-bond acceptors (Lipinski definition) is 3. The van der Waals surface area contributed by atoms with Crippen molar-refractivity contribution in [2.45, 2.75) is 39.2 Å². The normalized spacial score (nSPS) is 13.8. The van der Waals surface area contributed by atoms with E-state index in [2.05, 4.69) is 10.4 Å². The van der Waals surface area contributed by atoms with Crippen molar-refractivity contribution in [2.24, 2.45) is 0 Å². The van der Waals surface area contributed by atoms with Crippen LogP contribution < -0.4 is 10.1 Å². The molecule has 0 saturated carbocycles.